The summed E-state index contributed by atoms with van der Waals surface area (Å²) in [6.07, 6.45) is 5.39. The Balaban J connectivity index is 2.00. The van der Waals surface area contributed by atoms with Crippen molar-refractivity contribution in [3.8, 4) is 0 Å². The smallest absolute Gasteiger partial charge is 0.130 e. The number of hydrogen-bond donors (Lipinski definition) is 1. The molecule has 1 aliphatic heterocycles. The van der Waals surface area contributed by atoms with Gasteiger partial charge >= 0.3 is 0 Å². The minimum atomic E-state index is 0.242. The third-order valence-corrected chi connectivity index (χ3v) is 4.60. The lowest BCUT2D eigenvalue weighted by atomic mass is 9.75. The van der Waals surface area contributed by atoms with Gasteiger partial charge in [0, 0.05) is 11.9 Å². The maximum Gasteiger partial charge on any atom is 0.130 e. The normalized spacial score (nSPS) is 19.0. The zero-order chi connectivity index (χ0) is 16.4. The molecule has 122 valence electrons. The van der Waals surface area contributed by atoms with E-state index in [1.165, 1.54) is 31.5 Å². The van der Waals surface area contributed by atoms with Crippen LogP contribution < -0.4 is 5.32 Å². The van der Waals surface area contributed by atoms with Gasteiger partial charge in [-0.2, -0.15) is 0 Å². The first-order valence-corrected chi connectivity index (χ1v) is 8.28. The summed E-state index contributed by atoms with van der Waals surface area (Å²) in [5.41, 5.74) is 2.89. The number of anilines is 1. The Morgan fingerprint density at radius 2 is 1.95 bits per heavy atom. The van der Waals surface area contributed by atoms with E-state index in [0.29, 0.717) is 0 Å². The van der Waals surface area contributed by atoms with Gasteiger partial charge in [-0.3, -0.25) is 0 Å². The van der Waals surface area contributed by atoms with Crippen LogP contribution >= 0.6 is 0 Å². The summed E-state index contributed by atoms with van der Waals surface area (Å²) >= 11 is 0. The molecule has 3 nitrogen and oxygen atoms in total. The molecule has 1 fully saturated rings. The van der Waals surface area contributed by atoms with Gasteiger partial charge in [0.1, 0.15) is 5.82 Å². The summed E-state index contributed by atoms with van der Waals surface area (Å²) in [6, 6.07) is 4.32. The zero-order valence-corrected chi connectivity index (χ0v) is 14.9. The van der Waals surface area contributed by atoms with Crippen LogP contribution in [0.25, 0.3) is 0 Å². The minimum absolute atomic E-state index is 0.242. The first-order valence-electron chi connectivity index (χ1n) is 8.28. The first-order chi connectivity index (χ1) is 10.2. The largest absolute Gasteiger partial charge is 0.344 e. The number of nitrogens with zero attached hydrogens (tertiary/aromatic N) is 2. The Morgan fingerprint density at radius 1 is 1.32 bits per heavy atom. The van der Waals surface area contributed by atoms with E-state index in [2.05, 4.69) is 68.7 Å². The minimum Gasteiger partial charge on any atom is -0.344 e. The lowest BCUT2D eigenvalue weighted by molar-refractivity contribution is 0.199. The standard InChI is InChI=1S/C19H31N3/c1-15(13-18(2,3)4)21-17-8-7-16(14-20-17)19(5)9-11-22(6)12-10-19/h7-8,14H,1,9-13H2,2-6H3,(H,20,21). The van der Waals surface area contributed by atoms with E-state index < -0.39 is 0 Å². The first kappa shape index (κ1) is 17.0. The fraction of sp³-hybridized carbons (Fsp3) is 0.632. The Hall–Kier alpha value is -1.35. The van der Waals surface area contributed by atoms with Gasteiger partial charge in [-0.05, 0) is 61.9 Å². The Labute approximate surface area is 135 Å². The van der Waals surface area contributed by atoms with E-state index in [-0.39, 0.29) is 10.8 Å². The summed E-state index contributed by atoms with van der Waals surface area (Å²) < 4.78 is 0. The quantitative estimate of drug-likeness (QED) is 0.892. The highest BCUT2D eigenvalue weighted by Crippen LogP contribution is 2.34. The molecule has 2 heterocycles. The molecule has 1 aromatic heterocycles. The van der Waals surface area contributed by atoms with Crippen LogP contribution in [0, 0.1) is 5.41 Å². The summed E-state index contributed by atoms with van der Waals surface area (Å²) in [5.74, 6) is 0.898. The van der Waals surface area contributed by atoms with Crippen molar-refractivity contribution in [1.29, 1.82) is 0 Å². The monoisotopic (exact) mass is 301 g/mol. The number of piperidine rings is 1. The topological polar surface area (TPSA) is 28.2 Å². The van der Waals surface area contributed by atoms with Crippen molar-refractivity contribution in [3.63, 3.8) is 0 Å². The molecule has 0 amide bonds. The second kappa shape index (κ2) is 6.41. The van der Waals surface area contributed by atoms with E-state index in [1.807, 2.05) is 6.20 Å². The molecule has 3 heteroatoms. The van der Waals surface area contributed by atoms with Gasteiger partial charge in [-0.25, -0.2) is 4.98 Å². The molecule has 0 aromatic carbocycles. The molecule has 0 radical (unpaired) electrons. The van der Waals surface area contributed by atoms with Crippen molar-refractivity contribution in [2.45, 2.75) is 52.4 Å². The number of rotatable bonds is 4. The van der Waals surface area contributed by atoms with Gasteiger partial charge < -0.3 is 10.2 Å². The third kappa shape index (κ3) is 4.57. The maximum atomic E-state index is 4.60. The van der Waals surface area contributed by atoms with E-state index in [1.54, 1.807) is 0 Å². The third-order valence-electron chi connectivity index (χ3n) is 4.60. The fourth-order valence-corrected chi connectivity index (χ4v) is 3.09. The summed E-state index contributed by atoms with van der Waals surface area (Å²) in [6.45, 7) is 15.5. The fourth-order valence-electron chi connectivity index (χ4n) is 3.09. The lowest BCUT2D eigenvalue weighted by Gasteiger charge is -2.38. The lowest BCUT2D eigenvalue weighted by Crippen LogP contribution is -2.38. The highest BCUT2D eigenvalue weighted by atomic mass is 15.1. The Kier molecular flexibility index (Phi) is 4.96. The van der Waals surface area contributed by atoms with Gasteiger partial charge in [0.05, 0.1) is 0 Å². The molecule has 0 unspecified atom stereocenters. The Morgan fingerprint density at radius 3 is 2.45 bits per heavy atom. The number of hydrogen-bond acceptors (Lipinski definition) is 3. The predicted molar refractivity (Wildman–Crippen MR) is 95.2 cm³/mol. The summed E-state index contributed by atoms with van der Waals surface area (Å²) in [7, 11) is 2.20. The molecule has 2 rings (SSSR count). The highest BCUT2D eigenvalue weighted by Gasteiger charge is 2.30. The van der Waals surface area contributed by atoms with Gasteiger partial charge in [0.2, 0.25) is 0 Å². The van der Waals surface area contributed by atoms with Crippen molar-refractivity contribution in [2.75, 3.05) is 25.5 Å². The number of likely N-dealkylation sites (tertiary alicyclic amines) is 1. The number of pyridine rings is 1. The predicted octanol–water partition coefficient (Wildman–Crippen LogP) is 4.43. The van der Waals surface area contributed by atoms with Crippen LogP contribution in [-0.4, -0.2) is 30.0 Å². The molecule has 0 aliphatic carbocycles. The van der Waals surface area contributed by atoms with Crippen LogP contribution in [-0.2, 0) is 5.41 Å². The highest BCUT2D eigenvalue weighted by molar-refractivity contribution is 5.42. The van der Waals surface area contributed by atoms with Crippen molar-refractivity contribution >= 4 is 5.82 Å². The van der Waals surface area contributed by atoms with Gasteiger partial charge in [-0.15, -0.1) is 0 Å². The van der Waals surface area contributed by atoms with Crippen molar-refractivity contribution < 1.29 is 0 Å². The van der Waals surface area contributed by atoms with Crippen molar-refractivity contribution in [2.24, 2.45) is 5.41 Å². The molecular weight excluding hydrogens is 270 g/mol. The number of nitrogens with one attached hydrogen (secondary N) is 1. The molecule has 1 N–H and O–H groups in total. The average molecular weight is 301 g/mol. The number of allylic oxidation sites excluding steroid dienone is 1. The molecule has 0 spiro atoms. The van der Waals surface area contributed by atoms with E-state index in [4.69, 9.17) is 0 Å². The second-order valence-electron chi connectivity index (χ2n) is 8.26. The van der Waals surface area contributed by atoms with Crippen molar-refractivity contribution in [1.82, 2.24) is 9.88 Å². The van der Waals surface area contributed by atoms with Gasteiger partial charge in [0.15, 0.2) is 0 Å². The zero-order valence-electron chi connectivity index (χ0n) is 14.9. The van der Waals surface area contributed by atoms with E-state index in [9.17, 15) is 0 Å². The molecule has 1 aromatic rings. The van der Waals surface area contributed by atoms with Crippen molar-refractivity contribution in [3.05, 3.63) is 36.2 Å². The molecular formula is C19H31N3. The van der Waals surface area contributed by atoms with Crippen LogP contribution in [0.2, 0.25) is 0 Å². The van der Waals surface area contributed by atoms with Gasteiger partial charge in [-0.1, -0.05) is 40.3 Å². The molecule has 0 bridgehead atoms. The van der Waals surface area contributed by atoms with Crippen LogP contribution in [0.3, 0.4) is 0 Å². The van der Waals surface area contributed by atoms with Crippen LogP contribution in [0.4, 0.5) is 5.82 Å². The van der Waals surface area contributed by atoms with E-state index >= 15 is 0 Å². The van der Waals surface area contributed by atoms with Crippen LogP contribution in [0.1, 0.15) is 52.5 Å². The van der Waals surface area contributed by atoms with Crippen LogP contribution in [0.15, 0.2) is 30.6 Å². The molecule has 1 saturated heterocycles. The molecule has 0 saturated carbocycles. The summed E-state index contributed by atoms with van der Waals surface area (Å²) in [5, 5.41) is 3.33. The molecule has 1 aliphatic rings. The van der Waals surface area contributed by atoms with Crippen LogP contribution in [0.5, 0.6) is 0 Å². The maximum absolute atomic E-state index is 4.60. The van der Waals surface area contributed by atoms with E-state index in [0.717, 1.165) is 17.9 Å². The average Bonchev–Trinajstić information content (AvgIpc) is 2.41. The number of aromatic nitrogens is 1. The molecule has 22 heavy (non-hydrogen) atoms. The SMILES string of the molecule is C=C(CC(C)(C)C)Nc1ccc(C2(C)CCN(C)CC2)cn1. The Bertz CT molecular complexity index is 502. The second-order valence-corrected chi connectivity index (χ2v) is 8.26. The van der Waals surface area contributed by atoms with Gasteiger partial charge in [0.25, 0.3) is 0 Å². The molecule has 0 atom stereocenters. The summed E-state index contributed by atoms with van der Waals surface area (Å²) in [4.78, 5) is 7.01.